The molecular weight excluding hydrogens is 260 g/mol. The van der Waals surface area contributed by atoms with Gasteiger partial charge < -0.3 is 10.1 Å². The van der Waals surface area contributed by atoms with Crippen LogP contribution in [0.2, 0.25) is 0 Å². The third-order valence-corrected chi connectivity index (χ3v) is 4.42. The van der Waals surface area contributed by atoms with Gasteiger partial charge in [0, 0.05) is 29.7 Å². The quantitative estimate of drug-likeness (QED) is 0.657. The standard InChI is InChI=1S/C14H16N2O4/c1-6-11(17)7-4-8-14(19)15-5-9(16(8)2)10(7)12(18)13(6)20-3/h8-9H,4-5H2,1-3H3,(H,15,19). The predicted molar refractivity (Wildman–Crippen MR) is 69.7 cm³/mol. The Bertz CT molecular complexity index is 602. The van der Waals surface area contributed by atoms with E-state index in [1.54, 1.807) is 6.92 Å². The zero-order valence-corrected chi connectivity index (χ0v) is 11.6. The summed E-state index contributed by atoms with van der Waals surface area (Å²) in [5.41, 5.74) is 1.30. The van der Waals surface area contributed by atoms with Crippen LogP contribution in [0.1, 0.15) is 13.3 Å². The summed E-state index contributed by atoms with van der Waals surface area (Å²) in [4.78, 5) is 38.7. The lowest BCUT2D eigenvalue weighted by atomic mass is 9.77. The summed E-state index contributed by atoms with van der Waals surface area (Å²) >= 11 is 0. The average molecular weight is 276 g/mol. The average Bonchev–Trinajstić information content (AvgIpc) is 2.41. The summed E-state index contributed by atoms with van der Waals surface area (Å²) in [5.74, 6) is -0.368. The van der Waals surface area contributed by atoms with E-state index in [2.05, 4.69) is 5.32 Å². The van der Waals surface area contributed by atoms with E-state index in [0.29, 0.717) is 23.3 Å². The van der Waals surface area contributed by atoms with Crippen LogP contribution in [0, 0.1) is 0 Å². The molecule has 106 valence electrons. The highest BCUT2D eigenvalue weighted by Crippen LogP contribution is 2.37. The van der Waals surface area contributed by atoms with Crippen molar-refractivity contribution in [1.82, 2.24) is 10.2 Å². The molecule has 1 amide bonds. The van der Waals surface area contributed by atoms with Gasteiger partial charge in [0.1, 0.15) is 0 Å². The predicted octanol–water partition coefficient (Wildman–Crippen LogP) is -0.442. The number of methoxy groups -OCH3 is 1. The lowest BCUT2D eigenvalue weighted by Gasteiger charge is -2.45. The Morgan fingerprint density at radius 3 is 2.55 bits per heavy atom. The van der Waals surface area contributed by atoms with Gasteiger partial charge in [0.2, 0.25) is 11.7 Å². The highest BCUT2D eigenvalue weighted by Gasteiger charge is 2.48. The molecule has 2 bridgehead atoms. The second kappa shape index (κ2) is 4.28. The number of ether oxygens (including phenoxy) is 1. The number of hydrogen-bond acceptors (Lipinski definition) is 5. The van der Waals surface area contributed by atoms with Crippen molar-refractivity contribution in [3.63, 3.8) is 0 Å². The third-order valence-electron chi connectivity index (χ3n) is 4.42. The van der Waals surface area contributed by atoms with E-state index in [4.69, 9.17) is 4.74 Å². The van der Waals surface area contributed by atoms with Crippen LogP contribution in [0.25, 0.3) is 0 Å². The minimum atomic E-state index is -0.374. The van der Waals surface area contributed by atoms with E-state index in [9.17, 15) is 14.4 Å². The zero-order valence-electron chi connectivity index (χ0n) is 11.6. The van der Waals surface area contributed by atoms with Gasteiger partial charge in [-0.25, -0.2) is 0 Å². The summed E-state index contributed by atoms with van der Waals surface area (Å²) < 4.78 is 5.10. The maximum atomic E-state index is 12.5. The molecule has 2 atom stereocenters. The van der Waals surface area contributed by atoms with E-state index in [0.717, 1.165) is 0 Å². The molecule has 1 N–H and O–H groups in total. The number of fused-ring (bicyclic) bond motifs is 3. The molecular formula is C14H16N2O4. The Morgan fingerprint density at radius 1 is 1.20 bits per heavy atom. The number of carbonyl (C=O) groups is 3. The number of amides is 1. The van der Waals surface area contributed by atoms with Gasteiger partial charge in [-0.2, -0.15) is 0 Å². The van der Waals surface area contributed by atoms with Gasteiger partial charge in [-0.1, -0.05) is 0 Å². The molecule has 0 aromatic heterocycles. The number of rotatable bonds is 1. The van der Waals surface area contributed by atoms with Crippen LogP contribution in [0.4, 0.5) is 0 Å². The number of hydrogen-bond donors (Lipinski definition) is 1. The van der Waals surface area contributed by atoms with E-state index < -0.39 is 0 Å². The highest BCUT2D eigenvalue weighted by atomic mass is 16.5. The van der Waals surface area contributed by atoms with Crippen LogP contribution in [0.5, 0.6) is 0 Å². The zero-order chi connectivity index (χ0) is 14.6. The number of nitrogens with zero attached hydrogens (tertiary/aromatic N) is 1. The first kappa shape index (κ1) is 13.1. The molecule has 2 heterocycles. The number of allylic oxidation sites excluding steroid dienone is 2. The van der Waals surface area contributed by atoms with Crippen molar-refractivity contribution in [1.29, 1.82) is 0 Å². The van der Waals surface area contributed by atoms with Crippen LogP contribution >= 0.6 is 0 Å². The molecule has 6 nitrogen and oxygen atoms in total. The lowest BCUT2D eigenvalue weighted by molar-refractivity contribution is -0.131. The van der Waals surface area contributed by atoms with E-state index >= 15 is 0 Å². The van der Waals surface area contributed by atoms with Crippen LogP contribution < -0.4 is 5.32 Å². The summed E-state index contributed by atoms with van der Waals surface area (Å²) in [7, 11) is 3.21. The van der Waals surface area contributed by atoms with E-state index in [1.807, 2.05) is 11.9 Å². The Hall–Kier alpha value is -1.95. The Balaban J connectivity index is 2.13. The first-order chi connectivity index (χ1) is 9.47. The number of piperazine rings is 1. The van der Waals surface area contributed by atoms with Gasteiger partial charge in [-0.3, -0.25) is 19.3 Å². The molecule has 3 aliphatic rings. The van der Waals surface area contributed by atoms with Crippen molar-refractivity contribution < 1.29 is 19.1 Å². The fourth-order valence-corrected chi connectivity index (χ4v) is 3.28. The van der Waals surface area contributed by atoms with Crippen molar-refractivity contribution >= 4 is 17.5 Å². The van der Waals surface area contributed by atoms with Crippen molar-refractivity contribution in [3.8, 4) is 0 Å². The Morgan fingerprint density at radius 2 is 1.90 bits per heavy atom. The van der Waals surface area contributed by atoms with Crippen molar-refractivity contribution in [2.24, 2.45) is 0 Å². The minimum Gasteiger partial charge on any atom is -0.492 e. The van der Waals surface area contributed by atoms with Crippen LogP contribution in [0.15, 0.2) is 22.5 Å². The monoisotopic (exact) mass is 276 g/mol. The number of ketones is 2. The minimum absolute atomic E-state index is 0.0882. The Labute approximate surface area is 116 Å². The van der Waals surface area contributed by atoms with Crippen LogP contribution in [0.3, 0.4) is 0 Å². The lowest BCUT2D eigenvalue weighted by Crippen LogP contribution is -2.63. The number of nitrogens with one attached hydrogen (secondary N) is 1. The molecule has 0 radical (unpaired) electrons. The maximum absolute atomic E-state index is 12.5. The van der Waals surface area contributed by atoms with E-state index in [1.165, 1.54) is 7.11 Å². The molecule has 0 aromatic carbocycles. The summed E-state index contributed by atoms with van der Waals surface area (Å²) in [6, 6.07) is -0.628. The van der Waals surface area contributed by atoms with Crippen molar-refractivity contribution in [2.75, 3.05) is 20.7 Å². The van der Waals surface area contributed by atoms with Gasteiger partial charge in [0.15, 0.2) is 11.5 Å². The van der Waals surface area contributed by atoms with E-state index in [-0.39, 0.29) is 41.7 Å². The normalized spacial score (nSPS) is 30.4. The first-order valence-electron chi connectivity index (χ1n) is 6.54. The molecule has 1 fully saturated rings. The summed E-state index contributed by atoms with van der Waals surface area (Å²) in [6.45, 7) is 1.94. The molecule has 0 spiro atoms. The van der Waals surface area contributed by atoms with Gasteiger partial charge in [-0.15, -0.1) is 0 Å². The molecule has 2 unspecified atom stereocenters. The Kier molecular flexibility index (Phi) is 2.79. The number of Topliss-reactive ketones (excluding diaryl/α,β-unsaturated/α-hetero) is 2. The molecule has 6 heteroatoms. The fourth-order valence-electron chi connectivity index (χ4n) is 3.28. The number of carbonyl (C=O) groups excluding carboxylic acids is 3. The highest BCUT2D eigenvalue weighted by molar-refractivity contribution is 6.25. The SMILES string of the molecule is COC1=C(C)C(=O)C2=C(C1=O)C1CNC(=O)C(C2)N1C. The third kappa shape index (κ3) is 1.51. The smallest absolute Gasteiger partial charge is 0.237 e. The van der Waals surface area contributed by atoms with Gasteiger partial charge >= 0.3 is 0 Å². The van der Waals surface area contributed by atoms with Gasteiger partial charge in [-0.05, 0) is 14.0 Å². The topological polar surface area (TPSA) is 75.7 Å². The number of likely N-dealkylation sites (N-methyl/N-ethyl adjacent to an activating group) is 1. The molecule has 0 saturated carbocycles. The van der Waals surface area contributed by atoms with Crippen molar-refractivity contribution in [3.05, 3.63) is 22.5 Å². The second-order valence-electron chi connectivity index (χ2n) is 5.36. The van der Waals surface area contributed by atoms with Crippen LogP contribution in [-0.2, 0) is 19.1 Å². The summed E-state index contributed by atoms with van der Waals surface area (Å²) in [5, 5.41) is 2.79. The van der Waals surface area contributed by atoms with Gasteiger partial charge in [0.25, 0.3) is 0 Å². The molecule has 2 aliphatic heterocycles. The molecule has 1 saturated heterocycles. The fraction of sp³-hybridized carbons (Fsp3) is 0.500. The molecule has 3 rings (SSSR count). The molecule has 0 aromatic rings. The molecule has 20 heavy (non-hydrogen) atoms. The second-order valence-corrected chi connectivity index (χ2v) is 5.36. The maximum Gasteiger partial charge on any atom is 0.237 e. The summed E-state index contributed by atoms with van der Waals surface area (Å²) in [6.07, 6.45) is 0.285. The van der Waals surface area contributed by atoms with Crippen LogP contribution in [-0.4, -0.2) is 55.2 Å². The van der Waals surface area contributed by atoms with Crippen molar-refractivity contribution in [2.45, 2.75) is 25.4 Å². The first-order valence-corrected chi connectivity index (χ1v) is 6.54. The molecule has 1 aliphatic carbocycles. The largest absolute Gasteiger partial charge is 0.492 e. The van der Waals surface area contributed by atoms with Gasteiger partial charge in [0.05, 0.1) is 19.2 Å².